The van der Waals surface area contributed by atoms with Crippen LogP contribution in [0.1, 0.15) is 18.9 Å². The van der Waals surface area contributed by atoms with Crippen LogP contribution >= 0.6 is 0 Å². The third kappa shape index (κ3) is 3.61. The molecule has 3 rings (SSSR count). The second-order valence-corrected chi connectivity index (χ2v) is 6.60. The van der Waals surface area contributed by atoms with Crippen LogP contribution in [0.15, 0.2) is 18.2 Å². The molecule has 0 N–H and O–H groups in total. The van der Waals surface area contributed by atoms with Crippen molar-refractivity contribution >= 4 is 5.91 Å². The molecule has 23 heavy (non-hydrogen) atoms. The van der Waals surface area contributed by atoms with Gasteiger partial charge in [-0.3, -0.25) is 9.69 Å². The molecule has 1 aliphatic carbocycles. The zero-order valence-electron chi connectivity index (χ0n) is 14.2. The third-order valence-electron chi connectivity index (χ3n) is 4.99. The van der Waals surface area contributed by atoms with Crippen LogP contribution < -0.4 is 9.47 Å². The normalized spacial score (nSPS) is 24.4. The van der Waals surface area contributed by atoms with Crippen LogP contribution in [0.5, 0.6) is 11.5 Å². The highest BCUT2D eigenvalue weighted by Crippen LogP contribution is 2.39. The highest BCUT2D eigenvalue weighted by molar-refractivity contribution is 5.81. The smallest absolute Gasteiger partial charge is 0.226 e. The summed E-state index contributed by atoms with van der Waals surface area (Å²) >= 11 is 0. The van der Waals surface area contributed by atoms with Crippen molar-refractivity contribution < 1.29 is 14.3 Å². The van der Waals surface area contributed by atoms with Crippen LogP contribution in [0, 0.1) is 11.8 Å². The van der Waals surface area contributed by atoms with Crippen molar-refractivity contribution in [1.82, 2.24) is 9.80 Å². The summed E-state index contributed by atoms with van der Waals surface area (Å²) in [4.78, 5) is 16.7. The lowest BCUT2D eigenvalue weighted by Crippen LogP contribution is -2.48. The molecular formula is C18H26N2O3. The summed E-state index contributed by atoms with van der Waals surface area (Å²) in [5, 5.41) is 0. The molecule has 2 atom stereocenters. The van der Waals surface area contributed by atoms with Gasteiger partial charge in [-0.15, -0.1) is 0 Å². The fourth-order valence-corrected chi connectivity index (χ4v) is 3.27. The Morgan fingerprint density at radius 3 is 2.43 bits per heavy atom. The molecule has 0 radical (unpaired) electrons. The molecule has 1 heterocycles. The number of carbonyl (C=O) groups is 1. The van der Waals surface area contributed by atoms with E-state index in [4.69, 9.17) is 9.47 Å². The summed E-state index contributed by atoms with van der Waals surface area (Å²) in [7, 11) is 3.37. The number of hydrogen-bond donors (Lipinski definition) is 0. The molecule has 126 valence electrons. The predicted octanol–water partition coefficient (Wildman–Crippen LogP) is 2.00. The lowest BCUT2D eigenvalue weighted by molar-refractivity contribution is -0.134. The quantitative estimate of drug-likeness (QED) is 0.833. The molecule has 0 bridgehead atoms. The zero-order chi connectivity index (χ0) is 16.4. The van der Waals surface area contributed by atoms with Crippen molar-refractivity contribution in [3.05, 3.63) is 23.8 Å². The van der Waals surface area contributed by atoms with E-state index < -0.39 is 0 Å². The van der Waals surface area contributed by atoms with Crippen LogP contribution in [-0.2, 0) is 11.3 Å². The van der Waals surface area contributed by atoms with Crippen LogP contribution in [0.4, 0.5) is 0 Å². The number of benzene rings is 1. The molecule has 1 amide bonds. The molecule has 0 aromatic heterocycles. The van der Waals surface area contributed by atoms with Gasteiger partial charge in [-0.2, -0.15) is 0 Å². The van der Waals surface area contributed by atoms with Crippen molar-refractivity contribution in [1.29, 1.82) is 0 Å². The van der Waals surface area contributed by atoms with Crippen LogP contribution in [-0.4, -0.2) is 56.1 Å². The largest absolute Gasteiger partial charge is 0.497 e. The molecule has 5 heteroatoms. The molecule has 1 aliphatic heterocycles. The Morgan fingerprint density at radius 1 is 1.17 bits per heavy atom. The summed E-state index contributed by atoms with van der Waals surface area (Å²) in [6, 6.07) is 5.89. The Bertz CT molecular complexity index is 567. The number of piperazine rings is 1. The first-order valence-electron chi connectivity index (χ1n) is 8.34. The van der Waals surface area contributed by atoms with Gasteiger partial charge >= 0.3 is 0 Å². The number of carbonyl (C=O) groups excluding carboxylic acids is 1. The Labute approximate surface area is 138 Å². The average molecular weight is 318 g/mol. The lowest BCUT2D eigenvalue weighted by atomic mass is 10.1. The predicted molar refractivity (Wildman–Crippen MR) is 88.7 cm³/mol. The molecule has 5 nitrogen and oxygen atoms in total. The van der Waals surface area contributed by atoms with Gasteiger partial charge in [0.25, 0.3) is 0 Å². The fourth-order valence-electron chi connectivity index (χ4n) is 3.27. The van der Waals surface area contributed by atoms with Crippen molar-refractivity contribution in [2.45, 2.75) is 19.9 Å². The second kappa shape index (κ2) is 6.79. The van der Waals surface area contributed by atoms with Gasteiger partial charge in [0.15, 0.2) is 0 Å². The van der Waals surface area contributed by atoms with Gasteiger partial charge in [0, 0.05) is 44.2 Å². The number of amides is 1. The monoisotopic (exact) mass is 318 g/mol. The SMILES string of the molecule is COc1ccc(OC)c(CN2CCN(C(=O)C3CC3C)CC2)c1. The van der Waals surface area contributed by atoms with E-state index in [0.717, 1.165) is 56.2 Å². The maximum atomic E-state index is 12.3. The fraction of sp³-hybridized carbons (Fsp3) is 0.611. The Kier molecular flexibility index (Phi) is 4.76. The summed E-state index contributed by atoms with van der Waals surface area (Å²) in [5.74, 6) is 2.96. The van der Waals surface area contributed by atoms with E-state index in [1.54, 1.807) is 14.2 Å². The first-order valence-corrected chi connectivity index (χ1v) is 8.34. The third-order valence-corrected chi connectivity index (χ3v) is 4.99. The molecule has 2 unspecified atom stereocenters. The van der Waals surface area contributed by atoms with Crippen molar-refractivity contribution in [3.8, 4) is 11.5 Å². The van der Waals surface area contributed by atoms with E-state index in [1.165, 1.54) is 0 Å². The highest BCUT2D eigenvalue weighted by Gasteiger charge is 2.41. The molecule has 1 saturated carbocycles. The van der Waals surface area contributed by atoms with Gasteiger partial charge in [-0.1, -0.05) is 6.92 Å². The van der Waals surface area contributed by atoms with Gasteiger partial charge < -0.3 is 14.4 Å². The lowest BCUT2D eigenvalue weighted by Gasteiger charge is -2.35. The first-order chi connectivity index (χ1) is 11.1. The Morgan fingerprint density at radius 2 is 1.87 bits per heavy atom. The summed E-state index contributed by atoms with van der Waals surface area (Å²) < 4.78 is 10.8. The number of hydrogen-bond acceptors (Lipinski definition) is 4. The number of rotatable bonds is 5. The number of methoxy groups -OCH3 is 2. The van der Waals surface area contributed by atoms with Gasteiger partial charge in [0.05, 0.1) is 14.2 Å². The molecule has 1 aromatic carbocycles. The molecular weight excluding hydrogens is 292 g/mol. The minimum absolute atomic E-state index is 0.292. The minimum atomic E-state index is 0.292. The standard InChI is InChI=1S/C18H26N2O3/c1-13-10-16(13)18(21)20-8-6-19(7-9-20)12-14-11-15(22-2)4-5-17(14)23-3/h4-5,11,13,16H,6-10,12H2,1-3H3. The molecule has 0 spiro atoms. The maximum Gasteiger partial charge on any atom is 0.226 e. The topological polar surface area (TPSA) is 42.0 Å². The van der Waals surface area contributed by atoms with E-state index >= 15 is 0 Å². The first kappa shape index (κ1) is 16.1. The number of ether oxygens (including phenoxy) is 2. The summed E-state index contributed by atoms with van der Waals surface area (Å²) in [5.41, 5.74) is 1.13. The van der Waals surface area contributed by atoms with E-state index in [2.05, 4.69) is 11.8 Å². The maximum absolute atomic E-state index is 12.3. The van der Waals surface area contributed by atoms with Gasteiger partial charge in [-0.25, -0.2) is 0 Å². The molecule has 1 aromatic rings. The Hall–Kier alpha value is -1.75. The van der Waals surface area contributed by atoms with Crippen LogP contribution in [0.25, 0.3) is 0 Å². The van der Waals surface area contributed by atoms with Crippen molar-refractivity contribution in [2.24, 2.45) is 11.8 Å². The van der Waals surface area contributed by atoms with Crippen molar-refractivity contribution in [2.75, 3.05) is 40.4 Å². The van der Waals surface area contributed by atoms with E-state index in [9.17, 15) is 4.79 Å². The van der Waals surface area contributed by atoms with Crippen LogP contribution in [0.3, 0.4) is 0 Å². The van der Waals surface area contributed by atoms with Crippen molar-refractivity contribution in [3.63, 3.8) is 0 Å². The number of nitrogens with zero attached hydrogens (tertiary/aromatic N) is 2. The zero-order valence-corrected chi connectivity index (χ0v) is 14.2. The molecule has 2 fully saturated rings. The van der Waals surface area contributed by atoms with Gasteiger partial charge in [0.1, 0.15) is 11.5 Å². The summed E-state index contributed by atoms with van der Waals surface area (Å²) in [6.45, 7) is 6.46. The van der Waals surface area contributed by atoms with Gasteiger partial charge in [-0.05, 0) is 30.5 Å². The van der Waals surface area contributed by atoms with E-state index in [-0.39, 0.29) is 0 Å². The molecule has 2 aliphatic rings. The Balaban J connectivity index is 1.57. The average Bonchev–Trinajstić information content (AvgIpc) is 3.31. The minimum Gasteiger partial charge on any atom is -0.497 e. The van der Waals surface area contributed by atoms with Crippen LogP contribution in [0.2, 0.25) is 0 Å². The summed E-state index contributed by atoms with van der Waals surface area (Å²) in [6.07, 6.45) is 1.07. The van der Waals surface area contributed by atoms with Gasteiger partial charge in [0.2, 0.25) is 5.91 Å². The molecule has 1 saturated heterocycles. The van der Waals surface area contributed by atoms with E-state index in [1.807, 2.05) is 23.1 Å². The highest BCUT2D eigenvalue weighted by atomic mass is 16.5. The van der Waals surface area contributed by atoms with E-state index in [0.29, 0.717) is 17.7 Å². The second-order valence-electron chi connectivity index (χ2n) is 6.60.